The van der Waals surface area contributed by atoms with E-state index in [4.69, 9.17) is 4.42 Å². The van der Waals surface area contributed by atoms with E-state index in [1.165, 1.54) is 0 Å². The fourth-order valence-corrected chi connectivity index (χ4v) is 3.22. The first kappa shape index (κ1) is 17.4. The molecule has 1 saturated heterocycles. The SMILES string of the molecule is O=C(Nc1nnc([C@H]2CC(=O)N(c3ccccc3)C2)o1)c1ccc(Br)cc1. The Hall–Kier alpha value is -3.00. The molecule has 1 aliphatic rings. The van der Waals surface area contributed by atoms with Crippen molar-refractivity contribution in [1.29, 1.82) is 0 Å². The monoisotopic (exact) mass is 426 g/mol. The van der Waals surface area contributed by atoms with E-state index in [9.17, 15) is 9.59 Å². The summed E-state index contributed by atoms with van der Waals surface area (Å²) in [7, 11) is 0. The topological polar surface area (TPSA) is 88.3 Å². The zero-order valence-corrected chi connectivity index (χ0v) is 15.7. The van der Waals surface area contributed by atoms with Crippen molar-refractivity contribution in [3.63, 3.8) is 0 Å². The number of nitrogens with one attached hydrogen (secondary N) is 1. The van der Waals surface area contributed by atoms with Gasteiger partial charge in [-0.1, -0.05) is 39.2 Å². The van der Waals surface area contributed by atoms with Gasteiger partial charge in [0.15, 0.2) is 0 Å². The van der Waals surface area contributed by atoms with E-state index >= 15 is 0 Å². The van der Waals surface area contributed by atoms with Crippen LogP contribution in [0.15, 0.2) is 63.5 Å². The Morgan fingerprint density at radius 2 is 1.85 bits per heavy atom. The standard InChI is InChI=1S/C19H15BrN4O3/c20-14-8-6-12(7-9-14)17(26)21-19-23-22-18(27-19)13-10-16(25)24(11-13)15-4-2-1-3-5-15/h1-9,13H,10-11H2,(H,21,23,26)/t13-/m0/s1. The molecule has 0 saturated carbocycles. The van der Waals surface area contributed by atoms with Crippen molar-refractivity contribution in [2.24, 2.45) is 0 Å². The van der Waals surface area contributed by atoms with E-state index in [0.29, 0.717) is 18.0 Å². The first-order valence-electron chi connectivity index (χ1n) is 8.36. The molecule has 0 bridgehead atoms. The van der Waals surface area contributed by atoms with Crippen LogP contribution in [0.25, 0.3) is 0 Å². The van der Waals surface area contributed by atoms with Gasteiger partial charge in [-0.2, -0.15) is 0 Å². The highest BCUT2D eigenvalue weighted by Crippen LogP contribution is 2.31. The molecule has 2 heterocycles. The summed E-state index contributed by atoms with van der Waals surface area (Å²) in [6.45, 7) is 0.463. The van der Waals surface area contributed by atoms with Gasteiger partial charge in [0.1, 0.15) is 0 Å². The van der Waals surface area contributed by atoms with Gasteiger partial charge in [-0.3, -0.25) is 14.9 Å². The van der Waals surface area contributed by atoms with Gasteiger partial charge in [-0.05, 0) is 36.4 Å². The summed E-state index contributed by atoms with van der Waals surface area (Å²) in [6, 6.07) is 16.4. The molecule has 0 spiro atoms. The van der Waals surface area contributed by atoms with E-state index < -0.39 is 0 Å². The lowest BCUT2D eigenvalue weighted by atomic mass is 10.1. The molecular weight excluding hydrogens is 412 g/mol. The number of carbonyl (C=O) groups excluding carboxylic acids is 2. The third-order valence-corrected chi connectivity index (χ3v) is 4.84. The molecule has 7 nitrogen and oxygen atoms in total. The van der Waals surface area contributed by atoms with E-state index in [0.717, 1.165) is 10.2 Å². The average molecular weight is 427 g/mol. The number of carbonyl (C=O) groups is 2. The van der Waals surface area contributed by atoms with Gasteiger partial charge in [0.2, 0.25) is 11.8 Å². The van der Waals surface area contributed by atoms with Crippen LogP contribution in [0.2, 0.25) is 0 Å². The second-order valence-corrected chi connectivity index (χ2v) is 7.06. The van der Waals surface area contributed by atoms with Crippen molar-refractivity contribution < 1.29 is 14.0 Å². The highest BCUT2D eigenvalue weighted by molar-refractivity contribution is 9.10. The number of nitrogens with zero attached hydrogens (tertiary/aromatic N) is 3. The van der Waals surface area contributed by atoms with Crippen LogP contribution in [-0.2, 0) is 4.79 Å². The van der Waals surface area contributed by atoms with Crippen LogP contribution < -0.4 is 10.2 Å². The number of anilines is 2. The van der Waals surface area contributed by atoms with E-state index in [1.807, 2.05) is 30.3 Å². The zero-order valence-electron chi connectivity index (χ0n) is 14.1. The van der Waals surface area contributed by atoms with E-state index in [-0.39, 0.29) is 30.2 Å². The molecule has 1 atom stereocenters. The van der Waals surface area contributed by atoms with Gasteiger partial charge < -0.3 is 9.32 Å². The third-order valence-electron chi connectivity index (χ3n) is 4.31. The molecule has 0 aliphatic carbocycles. The second kappa shape index (κ2) is 7.32. The van der Waals surface area contributed by atoms with Crippen molar-refractivity contribution in [3.8, 4) is 0 Å². The predicted molar refractivity (Wildman–Crippen MR) is 103 cm³/mol. The fraction of sp³-hybridized carbons (Fsp3) is 0.158. The molecular formula is C19H15BrN4O3. The first-order valence-corrected chi connectivity index (χ1v) is 9.15. The van der Waals surface area contributed by atoms with Gasteiger partial charge >= 0.3 is 6.01 Å². The maximum absolute atomic E-state index is 12.3. The largest absolute Gasteiger partial charge is 0.407 e. The normalized spacial score (nSPS) is 16.6. The van der Waals surface area contributed by atoms with Crippen molar-refractivity contribution >= 4 is 39.4 Å². The predicted octanol–water partition coefficient (Wildman–Crippen LogP) is 3.60. The lowest BCUT2D eigenvalue weighted by Crippen LogP contribution is -2.24. The number of para-hydroxylation sites is 1. The highest BCUT2D eigenvalue weighted by Gasteiger charge is 2.35. The molecule has 1 N–H and O–H groups in total. The summed E-state index contributed by atoms with van der Waals surface area (Å²) in [5.74, 6) is -0.201. The van der Waals surface area contributed by atoms with E-state index in [1.54, 1.807) is 29.2 Å². The molecule has 4 rings (SSSR count). The van der Waals surface area contributed by atoms with Crippen molar-refractivity contribution in [1.82, 2.24) is 10.2 Å². The molecule has 2 amide bonds. The van der Waals surface area contributed by atoms with Crippen molar-refractivity contribution in [2.45, 2.75) is 12.3 Å². The first-order chi connectivity index (χ1) is 13.1. The summed E-state index contributed by atoms with van der Waals surface area (Å²) in [4.78, 5) is 26.2. The maximum atomic E-state index is 12.3. The van der Waals surface area contributed by atoms with Gasteiger partial charge in [-0.25, -0.2) is 0 Å². The van der Waals surface area contributed by atoms with Crippen LogP contribution in [0, 0.1) is 0 Å². The Morgan fingerprint density at radius 1 is 1.11 bits per heavy atom. The lowest BCUT2D eigenvalue weighted by molar-refractivity contribution is -0.117. The van der Waals surface area contributed by atoms with Crippen molar-refractivity contribution in [3.05, 3.63) is 70.5 Å². The summed E-state index contributed by atoms with van der Waals surface area (Å²) < 4.78 is 6.46. The van der Waals surface area contributed by atoms with Gasteiger partial charge in [0.25, 0.3) is 5.91 Å². The smallest absolute Gasteiger partial charge is 0.322 e. The number of aromatic nitrogens is 2. The van der Waals surface area contributed by atoms with Crippen LogP contribution in [-0.4, -0.2) is 28.6 Å². The number of amides is 2. The zero-order chi connectivity index (χ0) is 18.8. The Bertz CT molecular complexity index is 972. The Morgan fingerprint density at radius 3 is 2.59 bits per heavy atom. The van der Waals surface area contributed by atoms with Gasteiger partial charge in [-0.15, -0.1) is 5.10 Å². The molecule has 0 radical (unpaired) electrons. The Balaban J connectivity index is 1.44. The highest BCUT2D eigenvalue weighted by atomic mass is 79.9. The number of hydrogen-bond acceptors (Lipinski definition) is 5. The van der Waals surface area contributed by atoms with Gasteiger partial charge in [0.05, 0.1) is 5.92 Å². The minimum atomic E-state index is -0.342. The molecule has 3 aromatic rings. The second-order valence-electron chi connectivity index (χ2n) is 6.15. The average Bonchev–Trinajstić information content (AvgIpc) is 3.29. The lowest BCUT2D eigenvalue weighted by Gasteiger charge is -2.15. The summed E-state index contributed by atoms with van der Waals surface area (Å²) >= 11 is 3.32. The molecule has 1 aliphatic heterocycles. The molecule has 8 heteroatoms. The Kier molecular flexibility index (Phi) is 4.72. The summed E-state index contributed by atoms with van der Waals surface area (Å²) in [5, 5.41) is 10.5. The number of halogens is 1. The maximum Gasteiger partial charge on any atom is 0.322 e. The molecule has 1 fully saturated rings. The molecule has 136 valence electrons. The molecule has 1 aromatic heterocycles. The minimum absolute atomic E-state index is 0.00449. The summed E-state index contributed by atoms with van der Waals surface area (Å²) in [6.07, 6.45) is 0.289. The van der Waals surface area contributed by atoms with Gasteiger partial charge in [0, 0.05) is 28.7 Å². The number of hydrogen-bond donors (Lipinski definition) is 1. The Labute approximate surface area is 163 Å². The fourth-order valence-electron chi connectivity index (χ4n) is 2.95. The third kappa shape index (κ3) is 3.75. The number of rotatable bonds is 4. The molecule has 0 unspecified atom stereocenters. The number of benzene rings is 2. The minimum Gasteiger partial charge on any atom is -0.407 e. The molecule has 27 heavy (non-hydrogen) atoms. The van der Waals surface area contributed by atoms with Crippen LogP contribution in [0.3, 0.4) is 0 Å². The van der Waals surface area contributed by atoms with Crippen LogP contribution >= 0.6 is 15.9 Å². The van der Waals surface area contributed by atoms with E-state index in [2.05, 4.69) is 31.4 Å². The van der Waals surface area contributed by atoms with Crippen LogP contribution in [0.5, 0.6) is 0 Å². The van der Waals surface area contributed by atoms with Crippen LogP contribution in [0.4, 0.5) is 11.7 Å². The quantitative estimate of drug-likeness (QED) is 0.688. The van der Waals surface area contributed by atoms with Crippen molar-refractivity contribution in [2.75, 3.05) is 16.8 Å². The molecule has 2 aromatic carbocycles. The van der Waals surface area contributed by atoms with Crippen LogP contribution in [0.1, 0.15) is 28.6 Å². The summed E-state index contributed by atoms with van der Waals surface area (Å²) in [5.41, 5.74) is 1.32.